The van der Waals surface area contributed by atoms with Crippen molar-refractivity contribution in [2.75, 3.05) is 6.61 Å². The smallest absolute Gasteiger partial charge is 0.129 e. The van der Waals surface area contributed by atoms with E-state index < -0.39 is 0 Å². The van der Waals surface area contributed by atoms with E-state index >= 15 is 0 Å². The van der Waals surface area contributed by atoms with Crippen molar-refractivity contribution >= 4 is 0 Å². The lowest BCUT2D eigenvalue weighted by molar-refractivity contribution is 0.255. The van der Waals surface area contributed by atoms with Gasteiger partial charge in [0.25, 0.3) is 0 Å². The molecule has 1 aliphatic rings. The van der Waals surface area contributed by atoms with Crippen molar-refractivity contribution in [2.24, 2.45) is 0 Å². The van der Waals surface area contributed by atoms with Gasteiger partial charge >= 0.3 is 0 Å². The van der Waals surface area contributed by atoms with E-state index in [2.05, 4.69) is 0 Å². The Kier molecular flexibility index (Phi) is 3.09. The van der Waals surface area contributed by atoms with E-state index in [0.29, 0.717) is 12.2 Å². The Bertz CT molecular complexity index is 249. The maximum atomic E-state index is 13.1. The number of hydrogen-bond acceptors (Lipinski definition) is 1. The fourth-order valence-electron chi connectivity index (χ4n) is 0.986. The molecule has 0 aromatic carbocycles. The van der Waals surface area contributed by atoms with Crippen molar-refractivity contribution in [1.82, 2.24) is 0 Å². The van der Waals surface area contributed by atoms with Crippen molar-refractivity contribution in [1.29, 1.82) is 0 Å². The lowest BCUT2D eigenvalue weighted by Gasteiger charge is -1.99. The van der Waals surface area contributed by atoms with Crippen LogP contribution in [0.4, 0.5) is 4.39 Å². The summed E-state index contributed by atoms with van der Waals surface area (Å²) in [5, 5.41) is 0. The van der Waals surface area contributed by atoms with E-state index in [9.17, 15) is 4.39 Å². The van der Waals surface area contributed by atoms with E-state index in [1.165, 1.54) is 12.3 Å². The Morgan fingerprint density at radius 1 is 1.42 bits per heavy atom. The fraction of sp³-hybridized carbons (Fsp3) is 0.400. The van der Waals surface area contributed by atoms with Gasteiger partial charge in [-0.15, -0.1) is 0 Å². The number of hydrogen-bond donors (Lipinski definition) is 0. The van der Waals surface area contributed by atoms with Crippen LogP contribution in [0.1, 0.15) is 20.3 Å². The van der Waals surface area contributed by atoms with Gasteiger partial charge in [0.05, 0.1) is 12.9 Å². The first-order valence-corrected chi connectivity index (χ1v) is 4.03. The third kappa shape index (κ3) is 2.22. The molecule has 0 amide bonds. The van der Waals surface area contributed by atoms with Crippen molar-refractivity contribution in [2.45, 2.75) is 20.3 Å². The van der Waals surface area contributed by atoms with Gasteiger partial charge in [0.15, 0.2) is 0 Å². The molecule has 1 rings (SSSR count). The van der Waals surface area contributed by atoms with Crippen LogP contribution in [-0.4, -0.2) is 6.61 Å². The van der Waals surface area contributed by atoms with Gasteiger partial charge in [-0.2, -0.15) is 0 Å². The molecule has 0 saturated carbocycles. The van der Waals surface area contributed by atoms with E-state index in [1.807, 2.05) is 13.0 Å². The van der Waals surface area contributed by atoms with Crippen LogP contribution >= 0.6 is 0 Å². The quantitative estimate of drug-likeness (QED) is 0.540. The zero-order chi connectivity index (χ0) is 8.97. The molecule has 0 bridgehead atoms. The first kappa shape index (κ1) is 9.04. The van der Waals surface area contributed by atoms with Crippen LogP contribution in [0.25, 0.3) is 0 Å². The van der Waals surface area contributed by atoms with E-state index in [0.717, 1.165) is 12.0 Å². The highest BCUT2D eigenvalue weighted by Gasteiger charge is 2.01. The first-order valence-electron chi connectivity index (χ1n) is 4.03. The Labute approximate surface area is 72.2 Å². The summed E-state index contributed by atoms with van der Waals surface area (Å²) in [7, 11) is 0. The molecule has 0 radical (unpaired) electrons. The normalized spacial score (nSPS) is 27.8. The van der Waals surface area contributed by atoms with Crippen LogP contribution < -0.4 is 0 Å². The highest BCUT2D eigenvalue weighted by atomic mass is 19.1. The van der Waals surface area contributed by atoms with Crippen LogP contribution in [-0.2, 0) is 4.74 Å². The summed E-state index contributed by atoms with van der Waals surface area (Å²) in [5.74, 6) is -0.217. The van der Waals surface area contributed by atoms with Crippen molar-refractivity contribution in [3.05, 3.63) is 35.4 Å². The highest BCUT2D eigenvalue weighted by molar-refractivity contribution is 5.33. The Balaban J connectivity index is 2.94. The number of ether oxygens (including phenoxy) is 1. The van der Waals surface area contributed by atoms with Gasteiger partial charge in [-0.25, -0.2) is 4.39 Å². The monoisotopic (exact) mass is 168 g/mol. The molecule has 66 valence electrons. The molecular formula is C10H13FO. The molecule has 0 aromatic rings. The average Bonchev–Trinajstić information content (AvgIpc) is 2.12. The molecule has 0 saturated heterocycles. The number of allylic oxidation sites excluding steroid dienone is 4. The molecule has 0 aliphatic carbocycles. The molecule has 0 atom stereocenters. The maximum absolute atomic E-state index is 13.1. The minimum atomic E-state index is -0.217. The van der Waals surface area contributed by atoms with Gasteiger partial charge in [-0.05, 0) is 31.4 Å². The molecule has 1 nitrogen and oxygen atoms in total. The molecule has 12 heavy (non-hydrogen) atoms. The fourth-order valence-corrected chi connectivity index (χ4v) is 0.986. The van der Waals surface area contributed by atoms with Crippen molar-refractivity contribution < 1.29 is 9.13 Å². The molecule has 0 spiro atoms. The molecule has 0 aromatic heterocycles. The van der Waals surface area contributed by atoms with Crippen molar-refractivity contribution in [3.8, 4) is 0 Å². The summed E-state index contributed by atoms with van der Waals surface area (Å²) in [6, 6.07) is 0. The van der Waals surface area contributed by atoms with Crippen LogP contribution in [0.15, 0.2) is 35.4 Å². The molecule has 0 unspecified atom stereocenters. The van der Waals surface area contributed by atoms with Gasteiger partial charge in [0, 0.05) is 6.08 Å². The average molecular weight is 168 g/mol. The number of rotatable bonds is 0. The predicted octanol–water partition coefficient (Wildman–Crippen LogP) is 3.11. The Morgan fingerprint density at radius 2 is 2.17 bits per heavy atom. The lowest BCUT2D eigenvalue weighted by atomic mass is 10.1. The Morgan fingerprint density at radius 3 is 2.92 bits per heavy atom. The van der Waals surface area contributed by atoms with Gasteiger partial charge in [0.1, 0.15) is 5.83 Å². The molecule has 1 aliphatic heterocycles. The van der Waals surface area contributed by atoms with E-state index in [4.69, 9.17) is 4.74 Å². The lowest BCUT2D eigenvalue weighted by Crippen LogP contribution is -1.84. The van der Waals surface area contributed by atoms with E-state index in [1.54, 1.807) is 6.92 Å². The number of halogens is 1. The van der Waals surface area contributed by atoms with Crippen molar-refractivity contribution in [3.63, 3.8) is 0 Å². The third-order valence-corrected chi connectivity index (χ3v) is 1.95. The van der Waals surface area contributed by atoms with Gasteiger partial charge in [0.2, 0.25) is 0 Å². The highest BCUT2D eigenvalue weighted by Crippen LogP contribution is 2.17. The molecule has 1 heterocycles. The second-order valence-corrected chi connectivity index (χ2v) is 2.82. The Hall–Kier alpha value is -1.05. The topological polar surface area (TPSA) is 9.23 Å². The van der Waals surface area contributed by atoms with Gasteiger partial charge < -0.3 is 4.74 Å². The molecule has 0 N–H and O–H groups in total. The third-order valence-electron chi connectivity index (χ3n) is 1.95. The first-order chi connectivity index (χ1) is 5.72. The second kappa shape index (κ2) is 4.10. The minimum Gasteiger partial charge on any atom is -0.501 e. The zero-order valence-corrected chi connectivity index (χ0v) is 7.43. The SMILES string of the molecule is CC1=CCCO/C=C/C(F)=C\1C. The summed E-state index contributed by atoms with van der Waals surface area (Å²) in [6.45, 7) is 4.30. The molecule has 0 fully saturated rings. The van der Waals surface area contributed by atoms with Crippen LogP contribution in [0.2, 0.25) is 0 Å². The minimum absolute atomic E-state index is 0.217. The second-order valence-electron chi connectivity index (χ2n) is 2.82. The standard InChI is InChI=1S/C10H13FO/c1-8-4-3-6-12-7-5-10(11)9(8)2/h4-5,7H,3,6H2,1-2H3/b7-5+,8-4?,10-9+. The van der Waals surface area contributed by atoms with Gasteiger partial charge in [-0.1, -0.05) is 6.08 Å². The molecule has 2 heteroatoms. The maximum Gasteiger partial charge on any atom is 0.129 e. The van der Waals surface area contributed by atoms with Crippen LogP contribution in [0, 0.1) is 0 Å². The summed E-state index contributed by atoms with van der Waals surface area (Å²) in [5.41, 5.74) is 1.68. The van der Waals surface area contributed by atoms with Gasteiger partial charge in [-0.3, -0.25) is 0 Å². The summed E-state index contributed by atoms with van der Waals surface area (Å²) in [6.07, 6.45) is 5.59. The molecular weight excluding hydrogens is 155 g/mol. The summed E-state index contributed by atoms with van der Waals surface area (Å²) in [4.78, 5) is 0. The summed E-state index contributed by atoms with van der Waals surface area (Å²) < 4.78 is 18.1. The van der Waals surface area contributed by atoms with E-state index in [-0.39, 0.29) is 5.83 Å². The zero-order valence-electron chi connectivity index (χ0n) is 7.43. The predicted molar refractivity (Wildman–Crippen MR) is 47.3 cm³/mol. The largest absolute Gasteiger partial charge is 0.501 e. The van der Waals surface area contributed by atoms with Crippen LogP contribution in [0.5, 0.6) is 0 Å². The summed E-state index contributed by atoms with van der Waals surface area (Å²) >= 11 is 0. The van der Waals surface area contributed by atoms with Crippen LogP contribution in [0.3, 0.4) is 0 Å².